The van der Waals surface area contributed by atoms with Crippen LogP contribution in [-0.2, 0) is 4.79 Å². The molecule has 2 rings (SSSR count). The number of benzene rings is 1. The Labute approximate surface area is 111 Å². The molecule has 19 heavy (non-hydrogen) atoms. The summed E-state index contributed by atoms with van der Waals surface area (Å²) in [6, 6.07) is 6.17. The van der Waals surface area contributed by atoms with E-state index in [0.717, 1.165) is 12.8 Å². The highest BCUT2D eigenvalue weighted by Gasteiger charge is 2.33. The average Bonchev–Trinajstić information content (AvgIpc) is 2.78. The fourth-order valence-corrected chi connectivity index (χ4v) is 2.41. The minimum absolute atomic E-state index is 0.0171. The van der Waals surface area contributed by atoms with Gasteiger partial charge in [0.25, 0.3) is 0 Å². The fraction of sp³-hybridized carbons (Fsp3) is 0.429. The molecule has 0 unspecified atom stereocenters. The number of rotatable bonds is 3. The van der Waals surface area contributed by atoms with Crippen LogP contribution in [0.1, 0.15) is 37.7 Å². The number of nitrogens with zero attached hydrogens (tertiary/aromatic N) is 1. The molecule has 1 fully saturated rings. The van der Waals surface area contributed by atoms with Crippen LogP contribution in [0.3, 0.4) is 0 Å². The number of anilines is 1. The average molecular weight is 260 g/mol. The molecule has 0 bridgehead atoms. The van der Waals surface area contributed by atoms with Gasteiger partial charge >= 0.3 is 0 Å². The number of amides is 1. The van der Waals surface area contributed by atoms with Crippen LogP contribution in [0.5, 0.6) is 5.75 Å². The zero-order valence-electron chi connectivity index (χ0n) is 10.5. The van der Waals surface area contributed by atoms with Crippen molar-refractivity contribution in [3.63, 3.8) is 0 Å². The predicted octanol–water partition coefficient (Wildman–Crippen LogP) is 1.90. The van der Waals surface area contributed by atoms with E-state index in [9.17, 15) is 15.0 Å². The van der Waals surface area contributed by atoms with E-state index in [1.807, 2.05) is 6.07 Å². The predicted molar refractivity (Wildman–Crippen MR) is 69.5 cm³/mol. The fourth-order valence-electron chi connectivity index (χ4n) is 2.41. The van der Waals surface area contributed by atoms with Crippen LogP contribution in [0.25, 0.3) is 0 Å². The SMILES string of the molecule is N#Cc1ccc(O)c(NC(=O)CC2(O)CCCC2)c1. The number of phenolic OH excluding ortho intramolecular Hbond substituents is 1. The van der Waals surface area contributed by atoms with Crippen molar-refractivity contribution in [3.8, 4) is 11.8 Å². The van der Waals surface area contributed by atoms with Gasteiger partial charge < -0.3 is 15.5 Å². The van der Waals surface area contributed by atoms with Crippen molar-refractivity contribution in [2.75, 3.05) is 5.32 Å². The Kier molecular flexibility index (Phi) is 3.72. The molecule has 0 radical (unpaired) electrons. The van der Waals surface area contributed by atoms with Crippen molar-refractivity contribution >= 4 is 11.6 Å². The summed E-state index contributed by atoms with van der Waals surface area (Å²) in [5.74, 6) is -0.444. The van der Waals surface area contributed by atoms with Crippen molar-refractivity contribution in [3.05, 3.63) is 23.8 Å². The summed E-state index contributed by atoms with van der Waals surface area (Å²) in [4.78, 5) is 11.9. The number of phenols is 1. The van der Waals surface area contributed by atoms with E-state index in [2.05, 4.69) is 5.32 Å². The van der Waals surface area contributed by atoms with Crippen LogP contribution >= 0.6 is 0 Å². The first-order valence-corrected chi connectivity index (χ1v) is 6.28. The van der Waals surface area contributed by atoms with Gasteiger partial charge in [0.1, 0.15) is 5.75 Å². The molecule has 1 aromatic carbocycles. The highest BCUT2D eigenvalue weighted by Crippen LogP contribution is 2.33. The van der Waals surface area contributed by atoms with Crippen LogP contribution in [0.2, 0.25) is 0 Å². The molecule has 1 aliphatic rings. The van der Waals surface area contributed by atoms with Gasteiger partial charge in [-0.05, 0) is 31.0 Å². The van der Waals surface area contributed by atoms with Crippen LogP contribution in [0, 0.1) is 11.3 Å². The first kappa shape index (κ1) is 13.4. The van der Waals surface area contributed by atoms with Crippen molar-refractivity contribution in [2.24, 2.45) is 0 Å². The van der Waals surface area contributed by atoms with Gasteiger partial charge in [0, 0.05) is 0 Å². The topological polar surface area (TPSA) is 93.4 Å². The van der Waals surface area contributed by atoms with Gasteiger partial charge in [-0.25, -0.2) is 0 Å². The second kappa shape index (κ2) is 5.29. The zero-order chi connectivity index (χ0) is 13.9. The molecule has 1 aliphatic carbocycles. The zero-order valence-corrected chi connectivity index (χ0v) is 10.5. The Balaban J connectivity index is 2.04. The van der Waals surface area contributed by atoms with Crippen molar-refractivity contribution in [1.82, 2.24) is 0 Å². The Hall–Kier alpha value is -2.06. The van der Waals surface area contributed by atoms with E-state index < -0.39 is 5.60 Å². The Morgan fingerprint density at radius 2 is 2.11 bits per heavy atom. The van der Waals surface area contributed by atoms with Crippen LogP contribution in [0.4, 0.5) is 5.69 Å². The summed E-state index contributed by atoms with van der Waals surface area (Å²) in [6.07, 6.45) is 3.14. The lowest BCUT2D eigenvalue weighted by Crippen LogP contribution is -2.30. The molecule has 100 valence electrons. The van der Waals surface area contributed by atoms with Gasteiger partial charge in [-0.3, -0.25) is 4.79 Å². The Bertz CT molecular complexity index is 528. The highest BCUT2D eigenvalue weighted by molar-refractivity contribution is 5.93. The van der Waals surface area contributed by atoms with Gasteiger partial charge in [0.2, 0.25) is 5.91 Å². The number of nitriles is 1. The van der Waals surface area contributed by atoms with Gasteiger partial charge in [0.15, 0.2) is 0 Å². The summed E-state index contributed by atoms with van der Waals surface area (Å²) in [5.41, 5.74) is -0.370. The maximum Gasteiger partial charge on any atom is 0.227 e. The molecule has 1 amide bonds. The van der Waals surface area contributed by atoms with Crippen LogP contribution in [0.15, 0.2) is 18.2 Å². The molecule has 5 heteroatoms. The number of carbonyl (C=O) groups excluding carboxylic acids is 1. The van der Waals surface area contributed by atoms with Gasteiger partial charge in [0.05, 0.1) is 29.3 Å². The molecule has 3 N–H and O–H groups in total. The standard InChI is InChI=1S/C14H16N2O3/c15-9-10-3-4-12(17)11(7-10)16-13(18)8-14(19)5-1-2-6-14/h3-4,7,17,19H,1-2,5-6,8H2,(H,16,18). The van der Waals surface area contributed by atoms with Crippen molar-refractivity contribution in [1.29, 1.82) is 5.26 Å². The molecule has 0 heterocycles. The summed E-state index contributed by atoms with van der Waals surface area (Å²) >= 11 is 0. The van der Waals surface area contributed by atoms with E-state index >= 15 is 0 Å². The number of nitrogens with one attached hydrogen (secondary N) is 1. The first-order chi connectivity index (χ1) is 9.02. The Morgan fingerprint density at radius 3 is 2.74 bits per heavy atom. The third kappa shape index (κ3) is 3.24. The summed E-state index contributed by atoms with van der Waals surface area (Å²) in [5, 5.41) is 31.1. The van der Waals surface area contributed by atoms with E-state index in [0.29, 0.717) is 18.4 Å². The number of hydrogen-bond acceptors (Lipinski definition) is 4. The second-order valence-electron chi connectivity index (χ2n) is 5.00. The minimum Gasteiger partial charge on any atom is -0.506 e. The largest absolute Gasteiger partial charge is 0.506 e. The van der Waals surface area contributed by atoms with Crippen molar-refractivity contribution in [2.45, 2.75) is 37.7 Å². The summed E-state index contributed by atoms with van der Waals surface area (Å²) < 4.78 is 0. The van der Waals surface area contributed by atoms with Crippen LogP contribution in [-0.4, -0.2) is 21.7 Å². The lowest BCUT2D eigenvalue weighted by Gasteiger charge is -2.21. The monoisotopic (exact) mass is 260 g/mol. The number of aliphatic hydroxyl groups is 1. The Morgan fingerprint density at radius 1 is 1.42 bits per heavy atom. The molecule has 0 spiro atoms. The van der Waals surface area contributed by atoms with Gasteiger partial charge in [-0.2, -0.15) is 5.26 Å². The smallest absolute Gasteiger partial charge is 0.227 e. The molecule has 5 nitrogen and oxygen atoms in total. The molecular formula is C14H16N2O3. The van der Waals surface area contributed by atoms with E-state index in [4.69, 9.17) is 5.26 Å². The second-order valence-corrected chi connectivity index (χ2v) is 5.00. The van der Waals surface area contributed by atoms with Crippen LogP contribution < -0.4 is 5.32 Å². The summed E-state index contributed by atoms with van der Waals surface area (Å²) in [7, 11) is 0. The van der Waals surface area contributed by atoms with Crippen molar-refractivity contribution < 1.29 is 15.0 Å². The molecule has 0 aromatic heterocycles. The van der Waals surface area contributed by atoms with E-state index in [1.165, 1.54) is 18.2 Å². The third-order valence-corrected chi connectivity index (χ3v) is 3.42. The maximum atomic E-state index is 11.9. The third-order valence-electron chi connectivity index (χ3n) is 3.42. The molecule has 1 aromatic rings. The minimum atomic E-state index is -0.924. The number of carbonyl (C=O) groups is 1. The van der Waals surface area contributed by atoms with Gasteiger partial charge in [-0.1, -0.05) is 12.8 Å². The molecular weight excluding hydrogens is 244 g/mol. The molecule has 0 saturated heterocycles. The normalized spacial score (nSPS) is 16.8. The molecule has 0 atom stereocenters. The maximum absolute atomic E-state index is 11.9. The number of hydrogen-bond donors (Lipinski definition) is 3. The van der Waals surface area contributed by atoms with E-state index in [-0.39, 0.29) is 23.8 Å². The lowest BCUT2D eigenvalue weighted by molar-refractivity contribution is -0.120. The summed E-state index contributed by atoms with van der Waals surface area (Å²) in [6.45, 7) is 0. The quantitative estimate of drug-likeness (QED) is 0.723. The number of aromatic hydroxyl groups is 1. The lowest BCUT2D eigenvalue weighted by atomic mass is 9.97. The molecule has 1 saturated carbocycles. The van der Waals surface area contributed by atoms with Gasteiger partial charge in [-0.15, -0.1) is 0 Å². The van der Waals surface area contributed by atoms with E-state index in [1.54, 1.807) is 0 Å². The highest BCUT2D eigenvalue weighted by atomic mass is 16.3. The molecule has 0 aliphatic heterocycles. The first-order valence-electron chi connectivity index (χ1n) is 6.28.